The number of carbonyl (C=O) groups excluding carboxylic acids is 1. The van der Waals surface area contributed by atoms with Crippen LogP contribution >= 0.6 is 0 Å². The van der Waals surface area contributed by atoms with Gasteiger partial charge >= 0.3 is 0 Å². The molecule has 1 aromatic carbocycles. The summed E-state index contributed by atoms with van der Waals surface area (Å²) in [5, 5.41) is 11.7. The lowest BCUT2D eigenvalue weighted by molar-refractivity contribution is -0.126. The van der Waals surface area contributed by atoms with Gasteiger partial charge in [0.25, 0.3) is 0 Å². The molecule has 4 heteroatoms. The molecule has 0 heterocycles. The van der Waals surface area contributed by atoms with E-state index in [1.807, 2.05) is 0 Å². The Morgan fingerprint density at radius 3 is 2.71 bits per heavy atom. The van der Waals surface area contributed by atoms with Gasteiger partial charge in [-0.1, -0.05) is 0 Å². The Balaban J connectivity index is 2.13. The molecule has 0 unspecified atom stereocenters. The normalized spacial score (nSPS) is 16.8. The molecule has 1 fully saturated rings. The average molecular weight is 232 g/mol. The van der Waals surface area contributed by atoms with Gasteiger partial charge in [0, 0.05) is 5.69 Å². The fourth-order valence-corrected chi connectivity index (χ4v) is 1.89. The molecule has 1 aliphatic rings. The van der Waals surface area contributed by atoms with Crippen LogP contribution in [-0.4, -0.2) is 5.91 Å². The van der Waals surface area contributed by atoms with E-state index in [-0.39, 0.29) is 11.7 Å². The number of carbonyl (C=O) groups is 1. The van der Waals surface area contributed by atoms with E-state index in [0.29, 0.717) is 24.1 Å². The number of amides is 1. The van der Waals surface area contributed by atoms with Crippen molar-refractivity contribution in [1.29, 1.82) is 5.26 Å². The Hall–Kier alpha value is -1.89. The predicted octanol–water partition coefficient (Wildman–Crippen LogP) is 2.77. The quantitative estimate of drug-likeness (QED) is 0.852. The van der Waals surface area contributed by atoms with Gasteiger partial charge in [0.05, 0.1) is 6.07 Å². The van der Waals surface area contributed by atoms with Crippen LogP contribution in [0, 0.1) is 29.5 Å². The number of aryl methyl sites for hydroxylation is 1. The van der Waals surface area contributed by atoms with E-state index in [1.54, 1.807) is 13.0 Å². The topological polar surface area (TPSA) is 52.9 Å². The molecule has 1 saturated carbocycles. The summed E-state index contributed by atoms with van der Waals surface area (Å²) in [6.45, 7) is 1.63. The van der Waals surface area contributed by atoms with Crippen LogP contribution in [0.3, 0.4) is 0 Å². The molecule has 0 saturated heterocycles. The van der Waals surface area contributed by atoms with Gasteiger partial charge in [0.15, 0.2) is 0 Å². The van der Waals surface area contributed by atoms with Crippen LogP contribution in [-0.2, 0) is 4.79 Å². The molecule has 3 nitrogen and oxygen atoms in total. The second-order valence-electron chi connectivity index (χ2n) is 4.47. The lowest BCUT2D eigenvalue weighted by Gasteiger charge is -2.33. The van der Waals surface area contributed by atoms with Crippen molar-refractivity contribution in [2.24, 2.45) is 5.41 Å². The zero-order valence-corrected chi connectivity index (χ0v) is 9.59. The molecule has 0 aliphatic heterocycles. The second kappa shape index (κ2) is 4.17. The van der Waals surface area contributed by atoms with Crippen molar-refractivity contribution in [3.8, 4) is 6.07 Å². The number of hydrogen-bond acceptors (Lipinski definition) is 2. The van der Waals surface area contributed by atoms with Crippen LogP contribution in [0.4, 0.5) is 10.1 Å². The van der Waals surface area contributed by atoms with Crippen molar-refractivity contribution in [2.45, 2.75) is 26.2 Å². The lowest BCUT2D eigenvalue weighted by Crippen LogP contribution is -2.40. The minimum absolute atomic E-state index is 0.280. The fourth-order valence-electron chi connectivity index (χ4n) is 1.89. The summed E-state index contributed by atoms with van der Waals surface area (Å²) in [6.07, 6.45) is 2.12. The highest BCUT2D eigenvalue weighted by Crippen LogP contribution is 2.41. The second-order valence-corrected chi connectivity index (χ2v) is 4.47. The molecule has 2 rings (SSSR count). The summed E-state index contributed by atoms with van der Waals surface area (Å²) < 4.78 is 13.0. The van der Waals surface area contributed by atoms with E-state index >= 15 is 0 Å². The van der Waals surface area contributed by atoms with Gasteiger partial charge in [-0.15, -0.1) is 0 Å². The van der Waals surface area contributed by atoms with E-state index in [2.05, 4.69) is 11.4 Å². The molecule has 1 aromatic rings. The molecule has 1 amide bonds. The van der Waals surface area contributed by atoms with Crippen LogP contribution in [0.15, 0.2) is 18.2 Å². The van der Waals surface area contributed by atoms with Gasteiger partial charge in [0.2, 0.25) is 5.91 Å². The molecule has 88 valence electrons. The van der Waals surface area contributed by atoms with E-state index in [4.69, 9.17) is 5.26 Å². The van der Waals surface area contributed by atoms with Crippen molar-refractivity contribution in [1.82, 2.24) is 0 Å². The van der Waals surface area contributed by atoms with Crippen LogP contribution in [0.2, 0.25) is 0 Å². The van der Waals surface area contributed by atoms with Crippen LogP contribution in [0.1, 0.15) is 24.8 Å². The Morgan fingerprint density at radius 2 is 2.24 bits per heavy atom. The minimum Gasteiger partial charge on any atom is -0.325 e. The van der Waals surface area contributed by atoms with Crippen molar-refractivity contribution in [3.63, 3.8) is 0 Å². The monoisotopic (exact) mass is 232 g/mol. The van der Waals surface area contributed by atoms with Crippen LogP contribution < -0.4 is 5.32 Å². The van der Waals surface area contributed by atoms with Gasteiger partial charge in [-0.2, -0.15) is 5.26 Å². The molecule has 1 N–H and O–H groups in total. The SMILES string of the molecule is Cc1cc(NC(=O)C2(C#N)CCC2)ccc1F. The summed E-state index contributed by atoms with van der Waals surface area (Å²) >= 11 is 0. The molecular formula is C13H13FN2O. The summed E-state index contributed by atoms with van der Waals surface area (Å²) in [4.78, 5) is 11.9. The van der Waals surface area contributed by atoms with Crippen LogP contribution in [0.5, 0.6) is 0 Å². The third-order valence-electron chi connectivity index (χ3n) is 3.27. The Bertz CT molecular complexity index is 501. The summed E-state index contributed by atoms with van der Waals surface area (Å²) in [5.74, 6) is -0.584. The zero-order chi connectivity index (χ0) is 12.5. The first kappa shape index (κ1) is 11.6. The third kappa shape index (κ3) is 2.01. The average Bonchev–Trinajstić information content (AvgIpc) is 2.23. The number of nitrogens with one attached hydrogen (secondary N) is 1. The number of halogens is 1. The molecule has 1 aliphatic carbocycles. The van der Waals surface area contributed by atoms with Gasteiger partial charge in [-0.05, 0) is 49.9 Å². The van der Waals surface area contributed by atoms with Gasteiger partial charge in [-0.3, -0.25) is 4.79 Å². The van der Waals surface area contributed by atoms with Crippen LogP contribution in [0.25, 0.3) is 0 Å². The smallest absolute Gasteiger partial charge is 0.244 e. The lowest BCUT2D eigenvalue weighted by atomic mass is 9.69. The molecule has 17 heavy (non-hydrogen) atoms. The molecule has 0 radical (unpaired) electrons. The maximum absolute atomic E-state index is 13.0. The fraction of sp³-hybridized carbons (Fsp3) is 0.385. The maximum atomic E-state index is 13.0. The number of anilines is 1. The zero-order valence-electron chi connectivity index (χ0n) is 9.59. The highest BCUT2D eigenvalue weighted by Gasteiger charge is 2.44. The van der Waals surface area contributed by atoms with Gasteiger partial charge in [-0.25, -0.2) is 4.39 Å². The summed E-state index contributed by atoms with van der Waals surface area (Å²) in [7, 11) is 0. The molecule has 0 aromatic heterocycles. The number of nitriles is 1. The maximum Gasteiger partial charge on any atom is 0.244 e. The van der Waals surface area contributed by atoms with Crippen molar-refractivity contribution < 1.29 is 9.18 Å². The predicted molar refractivity (Wildman–Crippen MR) is 61.7 cm³/mol. The van der Waals surface area contributed by atoms with Crippen molar-refractivity contribution in [2.75, 3.05) is 5.32 Å². The Morgan fingerprint density at radius 1 is 1.53 bits per heavy atom. The Kier molecular flexibility index (Phi) is 2.84. The first-order chi connectivity index (χ1) is 8.07. The first-order valence-corrected chi connectivity index (χ1v) is 5.56. The van der Waals surface area contributed by atoms with E-state index in [0.717, 1.165) is 6.42 Å². The van der Waals surface area contributed by atoms with E-state index < -0.39 is 5.41 Å². The number of benzene rings is 1. The standard InChI is InChI=1S/C13H13FN2O/c1-9-7-10(3-4-11(9)14)16-12(17)13(8-15)5-2-6-13/h3-4,7H,2,5-6H2,1H3,(H,16,17). The molecule has 0 bridgehead atoms. The van der Waals surface area contributed by atoms with Crippen molar-refractivity contribution >= 4 is 11.6 Å². The molecule has 0 spiro atoms. The minimum atomic E-state index is -0.873. The van der Waals surface area contributed by atoms with Crippen molar-refractivity contribution in [3.05, 3.63) is 29.6 Å². The van der Waals surface area contributed by atoms with E-state index in [9.17, 15) is 9.18 Å². The summed E-state index contributed by atoms with van der Waals surface area (Å²) in [6, 6.07) is 6.46. The highest BCUT2D eigenvalue weighted by atomic mass is 19.1. The van der Waals surface area contributed by atoms with E-state index in [1.165, 1.54) is 12.1 Å². The van der Waals surface area contributed by atoms with Gasteiger partial charge < -0.3 is 5.32 Å². The first-order valence-electron chi connectivity index (χ1n) is 5.56. The third-order valence-corrected chi connectivity index (χ3v) is 3.27. The molecular weight excluding hydrogens is 219 g/mol. The van der Waals surface area contributed by atoms with Gasteiger partial charge in [0.1, 0.15) is 11.2 Å². The number of hydrogen-bond donors (Lipinski definition) is 1. The summed E-state index contributed by atoms with van der Waals surface area (Å²) in [5.41, 5.74) is 0.139. The number of nitrogens with zero attached hydrogens (tertiary/aromatic N) is 1. The number of rotatable bonds is 2. The highest BCUT2D eigenvalue weighted by molar-refractivity contribution is 5.97. The molecule has 0 atom stereocenters. The largest absolute Gasteiger partial charge is 0.325 e. The Labute approximate surface area is 99.2 Å².